The molecule has 1 aromatic carbocycles. The predicted octanol–water partition coefficient (Wildman–Crippen LogP) is 3.35. The lowest BCUT2D eigenvalue weighted by atomic mass is 10.0. The molecule has 0 amide bonds. The Kier molecular flexibility index (Phi) is 7.44. The lowest BCUT2D eigenvalue weighted by molar-refractivity contribution is 0.489. The SMILES string of the molecule is CCNC(=NCc1cccc(-c2ncn[nH]2)c1)NC(C)CCC(C)C. The lowest BCUT2D eigenvalue weighted by Crippen LogP contribution is -2.42. The van der Waals surface area contributed by atoms with Gasteiger partial charge in [0.15, 0.2) is 11.8 Å². The Morgan fingerprint density at radius 3 is 2.76 bits per heavy atom. The maximum atomic E-state index is 4.72. The molecule has 0 aliphatic heterocycles. The Hall–Kier alpha value is -2.37. The monoisotopic (exact) mass is 342 g/mol. The number of aliphatic imine (C=N–C) groups is 1. The zero-order valence-corrected chi connectivity index (χ0v) is 15.7. The zero-order valence-electron chi connectivity index (χ0n) is 15.7. The summed E-state index contributed by atoms with van der Waals surface area (Å²) in [6.07, 6.45) is 3.88. The van der Waals surface area contributed by atoms with Gasteiger partial charge >= 0.3 is 0 Å². The summed E-state index contributed by atoms with van der Waals surface area (Å²) in [7, 11) is 0. The molecular weight excluding hydrogens is 312 g/mol. The maximum absolute atomic E-state index is 4.72. The summed E-state index contributed by atoms with van der Waals surface area (Å²) in [5.41, 5.74) is 2.16. The van der Waals surface area contributed by atoms with Crippen molar-refractivity contribution in [2.24, 2.45) is 10.9 Å². The van der Waals surface area contributed by atoms with E-state index in [1.807, 2.05) is 12.1 Å². The second-order valence-electron chi connectivity index (χ2n) is 6.75. The minimum atomic E-state index is 0.403. The van der Waals surface area contributed by atoms with Gasteiger partial charge in [-0.2, -0.15) is 5.10 Å². The second-order valence-corrected chi connectivity index (χ2v) is 6.75. The average molecular weight is 342 g/mol. The fourth-order valence-corrected chi connectivity index (χ4v) is 2.54. The molecule has 25 heavy (non-hydrogen) atoms. The number of aromatic nitrogens is 3. The van der Waals surface area contributed by atoms with Crippen LogP contribution >= 0.6 is 0 Å². The van der Waals surface area contributed by atoms with Crippen molar-refractivity contribution >= 4 is 5.96 Å². The largest absolute Gasteiger partial charge is 0.357 e. The van der Waals surface area contributed by atoms with E-state index < -0.39 is 0 Å². The third-order valence-electron chi connectivity index (χ3n) is 3.94. The van der Waals surface area contributed by atoms with E-state index in [0.29, 0.717) is 12.6 Å². The van der Waals surface area contributed by atoms with Crippen LogP contribution in [0.3, 0.4) is 0 Å². The Balaban J connectivity index is 1.99. The van der Waals surface area contributed by atoms with E-state index in [2.05, 4.69) is 65.6 Å². The van der Waals surface area contributed by atoms with Gasteiger partial charge in [0.2, 0.25) is 0 Å². The summed E-state index contributed by atoms with van der Waals surface area (Å²) >= 11 is 0. The summed E-state index contributed by atoms with van der Waals surface area (Å²) in [6, 6.07) is 8.62. The first kappa shape index (κ1) is 19.0. The quantitative estimate of drug-likeness (QED) is 0.508. The molecule has 0 bridgehead atoms. The number of benzene rings is 1. The normalized spacial score (nSPS) is 13.1. The van der Waals surface area contributed by atoms with Gasteiger partial charge in [0.1, 0.15) is 6.33 Å². The number of nitrogens with one attached hydrogen (secondary N) is 3. The van der Waals surface area contributed by atoms with Crippen molar-refractivity contribution in [1.82, 2.24) is 25.8 Å². The fraction of sp³-hybridized carbons (Fsp3) is 0.526. The second kappa shape index (κ2) is 9.81. The number of hydrogen-bond acceptors (Lipinski definition) is 3. The van der Waals surface area contributed by atoms with E-state index in [4.69, 9.17) is 4.99 Å². The molecule has 0 spiro atoms. The van der Waals surface area contributed by atoms with Gasteiger partial charge in [-0.25, -0.2) is 9.98 Å². The van der Waals surface area contributed by atoms with E-state index in [1.54, 1.807) is 0 Å². The average Bonchev–Trinajstić information content (AvgIpc) is 3.13. The molecule has 0 saturated carbocycles. The fourth-order valence-electron chi connectivity index (χ4n) is 2.54. The maximum Gasteiger partial charge on any atom is 0.191 e. The van der Waals surface area contributed by atoms with Gasteiger partial charge in [-0.3, -0.25) is 5.10 Å². The Bertz CT molecular complexity index is 648. The van der Waals surface area contributed by atoms with E-state index in [9.17, 15) is 0 Å². The molecule has 0 fully saturated rings. The van der Waals surface area contributed by atoms with Crippen molar-refractivity contribution in [3.8, 4) is 11.4 Å². The first-order chi connectivity index (χ1) is 12.1. The minimum Gasteiger partial charge on any atom is -0.357 e. The van der Waals surface area contributed by atoms with E-state index in [0.717, 1.165) is 41.8 Å². The van der Waals surface area contributed by atoms with Crippen LogP contribution in [-0.4, -0.2) is 33.7 Å². The topological polar surface area (TPSA) is 78.0 Å². The van der Waals surface area contributed by atoms with Gasteiger partial charge in [0.25, 0.3) is 0 Å². The van der Waals surface area contributed by atoms with Crippen LogP contribution in [0.25, 0.3) is 11.4 Å². The Labute approximate surface area is 150 Å². The first-order valence-electron chi connectivity index (χ1n) is 9.08. The standard InChI is InChI=1S/C19H30N6/c1-5-20-19(24-15(4)10-9-14(2)3)21-12-16-7-6-8-17(11-16)18-22-13-23-25-18/h6-8,11,13-15H,5,9-10,12H2,1-4H3,(H2,20,21,24)(H,22,23,25). The van der Waals surface area contributed by atoms with Gasteiger partial charge < -0.3 is 10.6 Å². The van der Waals surface area contributed by atoms with Crippen molar-refractivity contribution < 1.29 is 0 Å². The molecule has 0 saturated heterocycles. The number of aromatic amines is 1. The van der Waals surface area contributed by atoms with Gasteiger partial charge in [-0.05, 0) is 44.2 Å². The predicted molar refractivity (Wildman–Crippen MR) is 103 cm³/mol. The van der Waals surface area contributed by atoms with Gasteiger partial charge in [-0.15, -0.1) is 0 Å². The molecule has 0 aliphatic carbocycles. The first-order valence-corrected chi connectivity index (χ1v) is 9.08. The highest BCUT2D eigenvalue weighted by Crippen LogP contribution is 2.16. The Morgan fingerprint density at radius 1 is 1.24 bits per heavy atom. The summed E-state index contributed by atoms with van der Waals surface area (Å²) < 4.78 is 0. The highest BCUT2D eigenvalue weighted by Gasteiger charge is 2.07. The summed E-state index contributed by atoms with van der Waals surface area (Å²) in [6.45, 7) is 10.3. The van der Waals surface area contributed by atoms with E-state index >= 15 is 0 Å². The third kappa shape index (κ3) is 6.57. The van der Waals surface area contributed by atoms with Crippen LogP contribution in [0.4, 0.5) is 0 Å². The zero-order chi connectivity index (χ0) is 18.1. The number of hydrogen-bond donors (Lipinski definition) is 3. The molecule has 1 atom stereocenters. The molecule has 3 N–H and O–H groups in total. The minimum absolute atomic E-state index is 0.403. The summed E-state index contributed by atoms with van der Waals surface area (Å²) in [4.78, 5) is 8.92. The van der Waals surface area contributed by atoms with E-state index in [1.165, 1.54) is 12.7 Å². The van der Waals surface area contributed by atoms with Crippen LogP contribution in [0.15, 0.2) is 35.6 Å². The van der Waals surface area contributed by atoms with Gasteiger partial charge in [-0.1, -0.05) is 32.0 Å². The molecule has 0 radical (unpaired) electrons. The molecule has 1 aromatic heterocycles. The van der Waals surface area contributed by atoms with Crippen molar-refractivity contribution in [2.75, 3.05) is 6.54 Å². The van der Waals surface area contributed by atoms with Crippen LogP contribution in [0, 0.1) is 5.92 Å². The molecular formula is C19H30N6. The third-order valence-corrected chi connectivity index (χ3v) is 3.94. The van der Waals surface area contributed by atoms with Crippen LogP contribution < -0.4 is 10.6 Å². The van der Waals surface area contributed by atoms with Crippen molar-refractivity contribution in [2.45, 2.75) is 53.1 Å². The highest BCUT2D eigenvalue weighted by molar-refractivity contribution is 5.80. The van der Waals surface area contributed by atoms with Crippen LogP contribution in [0.5, 0.6) is 0 Å². The van der Waals surface area contributed by atoms with Crippen LogP contribution in [0.2, 0.25) is 0 Å². The number of nitrogens with zero attached hydrogens (tertiary/aromatic N) is 3. The summed E-state index contributed by atoms with van der Waals surface area (Å²) in [5, 5.41) is 13.6. The number of H-pyrrole nitrogens is 1. The van der Waals surface area contributed by atoms with Gasteiger partial charge in [0.05, 0.1) is 6.54 Å². The molecule has 1 unspecified atom stereocenters. The molecule has 1 heterocycles. The summed E-state index contributed by atoms with van der Waals surface area (Å²) in [5.74, 6) is 2.37. The highest BCUT2D eigenvalue weighted by atomic mass is 15.2. The lowest BCUT2D eigenvalue weighted by Gasteiger charge is -2.18. The molecule has 2 aromatic rings. The van der Waals surface area contributed by atoms with Crippen LogP contribution in [0.1, 0.15) is 46.1 Å². The molecule has 2 rings (SSSR count). The smallest absolute Gasteiger partial charge is 0.191 e. The van der Waals surface area contributed by atoms with E-state index in [-0.39, 0.29) is 0 Å². The van der Waals surface area contributed by atoms with Crippen LogP contribution in [-0.2, 0) is 6.54 Å². The molecule has 136 valence electrons. The molecule has 6 heteroatoms. The number of rotatable bonds is 8. The number of guanidine groups is 1. The van der Waals surface area contributed by atoms with Gasteiger partial charge in [0, 0.05) is 18.2 Å². The molecule has 0 aliphatic rings. The van der Waals surface area contributed by atoms with Crippen molar-refractivity contribution in [1.29, 1.82) is 0 Å². The van der Waals surface area contributed by atoms with Crippen molar-refractivity contribution in [3.05, 3.63) is 36.2 Å². The molecule has 6 nitrogen and oxygen atoms in total. The Morgan fingerprint density at radius 2 is 2.08 bits per heavy atom. The van der Waals surface area contributed by atoms with Crippen molar-refractivity contribution in [3.63, 3.8) is 0 Å².